The quantitative estimate of drug-likeness (QED) is 0.723. The van der Waals surface area contributed by atoms with Gasteiger partial charge >= 0.3 is 6.03 Å². The van der Waals surface area contributed by atoms with Crippen molar-refractivity contribution < 1.29 is 14.4 Å². The van der Waals surface area contributed by atoms with Gasteiger partial charge in [0.05, 0.1) is 11.5 Å². The minimum Gasteiger partial charge on any atom is -0.342 e. The lowest BCUT2D eigenvalue weighted by Crippen LogP contribution is -2.68. The highest BCUT2D eigenvalue weighted by Gasteiger charge is 2.57. The van der Waals surface area contributed by atoms with E-state index in [4.69, 9.17) is 0 Å². The van der Waals surface area contributed by atoms with E-state index < -0.39 is 11.5 Å². The Morgan fingerprint density at radius 1 is 0.943 bits per heavy atom. The molecule has 0 radical (unpaired) electrons. The monoisotopic (exact) mass is 474 g/mol. The Morgan fingerprint density at radius 2 is 1.60 bits per heavy atom. The van der Waals surface area contributed by atoms with Crippen LogP contribution >= 0.6 is 0 Å². The zero-order valence-electron chi connectivity index (χ0n) is 20.8. The van der Waals surface area contributed by atoms with Gasteiger partial charge in [0.2, 0.25) is 5.91 Å². The Balaban J connectivity index is 1.47. The second-order valence-electron chi connectivity index (χ2n) is 10.3. The van der Waals surface area contributed by atoms with Gasteiger partial charge in [-0.1, -0.05) is 36.4 Å². The summed E-state index contributed by atoms with van der Waals surface area (Å²) in [4.78, 5) is 46.4. The van der Waals surface area contributed by atoms with E-state index in [1.54, 1.807) is 0 Å². The molecule has 2 fully saturated rings. The van der Waals surface area contributed by atoms with Crippen LogP contribution in [0.2, 0.25) is 0 Å². The van der Waals surface area contributed by atoms with Gasteiger partial charge in [0, 0.05) is 43.5 Å². The number of piperidine rings is 1. The largest absolute Gasteiger partial charge is 0.342 e. The lowest BCUT2D eigenvalue weighted by Gasteiger charge is -2.57. The number of aryl methyl sites for hydroxylation is 1. The summed E-state index contributed by atoms with van der Waals surface area (Å²) in [6.45, 7) is 8.53. The number of carbonyl (C=O) groups excluding carboxylic acids is 3. The van der Waals surface area contributed by atoms with Crippen LogP contribution < -0.4 is 5.32 Å². The highest BCUT2D eigenvalue weighted by Crippen LogP contribution is 2.49. The molecular weight excluding hydrogens is 440 g/mol. The van der Waals surface area contributed by atoms with Gasteiger partial charge in [0.1, 0.15) is 0 Å². The summed E-state index contributed by atoms with van der Waals surface area (Å²) in [5.41, 5.74) is 2.63. The van der Waals surface area contributed by atoms with E-state index >= 15 is 0 Å². The van der Waals surface area contributed by atoms with Gasteiger partial charge in [-0.15, -0.1) is 0 Å². The summed E-state index contributed by atoms with van der Waals surface area (Å²) in [5, 5.41) is 3.03. The number of fused-ring (bicyclic) bond motifs is 1. The molecule has 1 spiro atoms. The van der Waals surface area contributed by atoms with Crippen molar-refractivity contribution in [3.8, 4) is 0 Å². The molecule has 7 heteroatoms. The summed E-state index contributed by atoms with van der Waals surface area (Å²) in [5.74, 6) is -0.318. The van der Waals surface area contributed by atoms with Crippen molar-refractivity contribution in [2.75, 3.05) is 31.5 Å². The second-order valence-corrected chi connectivity index (χ2v) is 10.3. The van der Waals surface area contributed by atoms with Gasteiger partial charge in [0.15, 0.2) is 0 Å². The summed E-state index contributed by atoms with van der Waals surface area (Å²) in [6, 6.07) is 15.1. The second kappa shape index (κ2) is 9.02. The molecule has 0 aliphatic carbocycles. The van der Waals surface area contributed by atoms with E-state index in [2.05, 4.69) is 5.32 Å². The van der Waals surface area contributed by atoms with E-state index in [1.807, 2.05) is 84.0 Å². The Labute approximate surface area is 207 Å². The molecule has 0 bridgehead atoms. The average molecular weight is 475 g/mol. The van der Waals surface area contributed by atoms with Crippen molar-refractivity contribution in [3.63, 3.8) is 0 Å². The lowest BCUT2D eigenvalue weighted by atomic mass is 9.66. The first-order chi connectivity index (χ1) is 16.8. The van der Waals surface area contributed by atoms with E-state index in [1.165, 1.54) is 0 Å². The average Bonchev–Trinajstić information content (AvgIpc) is 2.80. The van der Waals surface area contributed by atoms with Crippen LogP contribution in [-0.4, -0.2) is 70.3 Å². The van der Waals surface area contributed by atoms with Crippen LogP contribution in [0.5, 0.6) is 0 Å². The normalized spacial score (nSPS) is 21.1. The molecule has 3 aliphatic rings. The molecule has 7 nitrogen and oxygen atoms in total. The van der Waals surface area contributed by atoms with Crippen molar-refractivity contribution in [3.05, 3.63) is 65.2 Å². The number of nitrogens with zero attached hydrogens (tertiary/aromatic N) is 3. The lowest BCUT2D eigenvalue weighted by molar-refractivity contribution is -0.142. The highest BCUT2D eigenvalue weighted by atomic mass is 16.2. The molecule has 3 aliphatic heterocycles. The molecule has 0 aromatic heterocycles. The van der Waals surface area contributed by atoms with Gasteiger partial charge < -0.3 is 20.0 Å². The SMILES string of the molecule is Cc1ccccc1NC(=O)N1CCC2(CC1)C(C(=O)N1CCC1)c1ccccc1C(=O)N2C(C)C. The number of rotatable bonds is 3. The molecule has 35 heavy (non-hydrogen) atoms. The minimum absolute atomic E-state index is 0.0129. The molecule has 4 amide bonds. The van der Waals surface area contributed by atoms with E-state index in [-0.39, 0.29) is 23.9 Å². The fourth-order valence-corrected chi connectivity index (χ4v) is 6.07. The minimum atomic E-state index is -0.647. The highest BCUT2D eigenvalue weighted by molar-refractivity contribution is 6.02. The van der Waals surface area contributed by atoms with E-state index in [9.17, 15) is 14.4 Å². The Kier molecular flexibility index (Phi) is 6.03. The summed E-state index contributed by atoms with van der Waals surface area (Å²) >= 11 is 0. The molecule has 2 aromatic carbocycles. The maximum absolute atomic E-state index is 13.9. The number of anilines is 1. The zero-order chi connectivity index (χ0) is 24.7. The number of nitrogens with one attached hydrogen (secondary N) is 1. The molecule has 1 unspecified atom stereocenters. The first kappa shape index (κ1) is 23.4. The van der Waals surface area contributed by atoms with Crippen LogP contribution in [0.1, 0.15) is 60.5 Å². The van der Waals surface area contributed by atoms with Crippen molar-refractivity contribution in [2.24, 2.45) is 0 Å². The molecular formula is C28H34N4O3. The Hall–Kier alpha value is -3.35. The molecule has 2 saturated heterocycles. The van der Waals surface area contributed by atoms with Gasteiger partial charge in [-0.3, -0.25) is 9.59 Å². The smallest absolute Gasteiger partial charge is 0.321 e. The van der Waals surface area contributed by atoms with E-state index in [0.29, 0.717) is 31.5 Å². The number of likely N-dealkylation sites (tertiary alicyclic amines) is 2. The number of benzene rings is 2. The summed E-state index contributed by atoms with van der Waals surface area (Å²) in [6.07, 6.45) is 2.15. The first-order valence-corrected chi connectivity index (χ1v) is 12.7. The molecule has 5 rings (SSSR count). The molecule has 1 N–H and O–H groups in total. The third-order valence-electron chi connectivity index (χ3n) is 7.97. The van der Waals surface area contributed by atoms with Crippen LogP contribution in [0.25, 0.3) is 0 Å². The number of carbonyl (C=O) groups is 3. The van der Waals surface area contributed by atoms with Crippen LogP contribution in [0.3, 0.4) is 0 Å². The van der Waals surface area contributed by atoms with Gasteiger partial charge in [-0.05, 0) is 63.3 Å². The topological polar surface area (TPSA) is 73.0 Å². The Morgan fingerprint density at radius 3 is 2.23 bits per heavy atom. The fraction of sp³-hybridized carbons (Fsp3) is 0.464. The van der Waals surface area contributed by atoms with Crippen LogP contribution in [0.15, 0.2) is 48.5 Å². The van der Waals surface area contributed by atoms with Gasteiger partial charge in [-0.25, -0.2) is 4.79 Å². The number of amides is 4. The molecule has 184 valence electrons. The number of urea groups is 1. The number of hydrogen-bond donors (Lipinski definition) is 1. The summed E-state index contributed by atoms with van der Waals surface area (Å²) < 4.78 is 0. The van der Waals surface area contributed by atoms with Crippen molar-refractivity contribution in [1.82, 2.24) is 14.7 Å². The number of hydrogen-bond acceptors (Lipinski definition) is 3. The third-order valence-corrected chi connectivity index (χ3v) is 7.97. The fourth-order valence-electron chi connectivity index (χ4n) is 6.07. The maximum atomic E-state index is 13.9. The summed E-state index contributed by atoms with van der Waals surface area (Å²) in [7, 11) is 0. The van der Waals surface area contributed by atoms with Crippen LogP contribution in [0.4, 0.5) is 10.5 Å². The molecule has 3 heterocycles. The third kappa shape index (κ3) is 3.87. The molecule has 1 atom stereocenters. The predicted molar refractivity (Wildman–Crippen MR) is 135 cm³/mol. The predicted octanol–water partition coefficient (Wildman–Crippen LogP) is 4.24. The maximum Gasteiger partial charge on any atom is 0.321 e. The first-order valence-electron chi connectivity index (χ1n) is 12.7. The van der Waals surface area contributed by atoms with Crippen LogP contribution in [0, 0.1) is 6.92 Å². The number of para-hydroxylation sites is 1. The van der Waals surface area contributed by atoms with Crippen molar-refractivity contribution >= 4 is 23.5 Å². The van der Waals surface area contributed by atoms with Crippen LogP contribution in [-0.2, 0) is 4.79 Å². The standard InChI is InChI=1S/C28H34N4O3/c1-19(2)32-25(33)22-11-6-5-10-21(22)24(26(34)30-15-8-16-30)28(32)13-17-31(18-14-28)27(35)29-23-12-7-4-9-20(23)3/h4-7,9-12,19,24H,8,13-18H2,1-3H3,(H,29,35). The van der Waals surface area contributed by atoms with Crippen molar-refractivity contribution in [2.45, 2.75) is 57.5 Å². The molecule has 0 saturated carbocycles. The zero-order valence-corrected chi connectivity index (χ0v) is 20.8. The molecule has 2 aromatic rings. The van der Waals surface area contributed by atoms with E-state index in [0.717, 1.165) is 36.3 Å². The Bertz CT molecular complexity index is 1150. The van der Waals surface area contributed by atoms with Crippen molar-refractivity contribution in [1.29, 1.82) is 0 Å². The van der Waals surface area contributed by atoms with Gasteiger partial charge in [-0.2, -0.15) is 0 Å². The van der Waals surface area contributed by atoms with Gasteiger partial charge in [0.25, 0.3) is 5.91 Å².